The predicted octanol–water partition coefficient (Wildman–Crippen LogP) is 0.592. The minimum absolute atomic E-state index is 0.0792. The number of hydrogen-bond donors (Lipinski definition) is 3. The quantitative estimate of drug-likeness (QED) is 0.677. The minimum Gasteiger partial charge on any atom is -0.399 e. The lowest BCUT2D eigenvalue weighted by atomic mass is 10.2. The van der Waals surface area contributed by atoms with Crippen molar-refractivity contribution in [3.05, 3.63) is 24.0 Å². The third-order valence-electron chi connectivity index (χ3n) is 3.49. The summed E-state index contributed by atoms with van der Waals surface area (Å²) in [4.78, 5) is 4.37. The van der Waals surface area contributed by atoms with Crippen molar-refractivity contribution in [3.8, 4) is 0 Å². The number of aliphatic hydroxyl groups is 2. The Labute approximate surface area is 98.5 Å². The molecule has 0 aliphatic heterocycles. The van der Waals surface area contributed by atoms with Gasteiger partial charge in [-0.3, -0.25) is 0 Å². The Morgan fingerprint density at radius 1 is 1.35 bits per heavy atom. The lowest BCUT2D eigenvalue weighted by molar-refractivity contribution is 0.201. The third kappa shape index (κ3) is 1.43. The molecule has 1 saturated carbocycles. The van der Waals surface area contributed by atoms with E-state index >= 15 is 0 Å². The zero-order valence-corrected chi connectivity index (χ0v) is 9.43. The average Bonchev–Trinajstić information content (AvgIpc) is 3.04. The van der Waals surface area contributed by atoms with Crippen LogP contribution in [0.15, 0.2) is 18.2 Å². The van der Waals surface area contributed by atoms with Gasteiger partial charge in [0, 0.05) is 5.69 Å². The van der Waals surface area contributed by atoms with Gasteiger partial charge in [-0.1, -0.05) is 0 Å². The molecule has 4 N–H and O–H groups in total. The van der Waals surface area contributed by atoms with Crippen molar-refractivity contribution in [2.45, 2.75) is 25.0 Å². The van der Waals surface area contributed by atoms with E-state index in [4.69, 9.17) is 5.73 Å². The van der Waals surface area contributed by atoms with Gasteiger partial charge in [-0.25, -0.2) is 4.98 Å². The number of imidazole rings is 1. The molecule has 1 aliphatic rings. The number of anilines is 1. The maximum Gasteiger partial charge on any atom is 0.136 e. The molecule has 0 radical (unpaired) electrons. The summed E-state index contributed by atoms with van der Waals surface area (Å²) >= 11 is 0. The van der Waals surface area contributed by atoms with Crippen molar-refractivity contribution in [2.75, 3.05) is 12.3 Å². The standard InChI is InChI=1S/C12H15N3O2/c13-8-1-2-10-9(5-8)14-11(6-16)15(10)12(7-17)3-4-12/h1-2,5,16-17H,3-4,6-7,13H2. The Bertz CT molecular complexity index is 572. The van der Waals surface area contributed by atoms with Crippen LogP contribution in [0.2, 0.25) is 0 Å². The van der Waals surface area contributed by atoms with E-state index in [-0.39, 0.29) is 18.8 Å². The summed E-state index contributed by atoms with van der Waals surface area (Å²) < 4.78 is 1.96. The second kappa shape index (κ2) is 3.45. The minimum atomic E-state index is -0.261. The van der Waals surface area contributed by atoms with E-state index in [1.54, 1.807) is 6.07 Å². The Hall–Kier alpha value is -1.59. The smallest absolute Gasteiger partial charge is 0.136 e. The van der Waals surface area contributed by atoms with Crippen LogP contribution < -0.4 is 5.73 Å². The summed E-state index contributed by atoms with van der Waals surface area (Å²) in [5.74, 6) is 0.595. The summed E-state index contributed by atoms with van der Waals surface area (Å²) in [6.45, 7) is -0.0494. The summed E-state index contributed by atoms with van der Waals surface area (Å²) in [7, 11) is 0. The second-order valence-electron chi connectivity index (χ2n) is 4.65. The van der Waals surface area contributed by atoms with E-state index in [2.05, 4.69) is 4.98 Å². The van der Waals surface area contributed by atoms with E-state index in [0.717, 1.165) is 23.9 Å². The van der Waals surface area contributed by atoms with Crippen LogP contribution in [0.4, 0.5) is 5.69 Å². The molecule has 0 atom stereocenters. The molecule has 5 heteroatoms. The number of hydrogen-bond acceptors (Lipinski definition) is 4. The summed E-state index contributed by atoms with van der Waals surface area (Å²) in [6.07, 6.45) is 1.85. The molecule has 1 fully saturated rings. The first kappa shape index (κ1) is 10.6. The normalized spacial score (nSPS) is 17.5. The number of nitrogens with two attached hydrogens (primary N) is 1. The number of aliphatic hydroxyl groups excluding tert-OH is 2. The highest BCUT2D eigenvalue weighted by Crippen LogP contribution is 2.45. The molecule has 17 heavy (non-hydrogen) atoms. The molecular formula is C12H15N3O2. The molecule has 0 spiro atoms. The van der Waals surface area contributed by atoms with E-state index in [0.29, 0.717) is 11.5 Å². The molecule has 0 unspecified atom stereocenters. The number of fused-ring (bicyclic) bond motifs is 1. The molecule has 0 saturated heterocycles. The van der Waals surface area contributed by atoms with Gasteiger partial charge in [0.25, 0.3) is 0 Å². The van der Waals surface area contributed by atoms with Crippen molar-refractivity contribution in [2.24, 2.45) is 0 Å². The van der Waals surface area contributed by atoms with E-state index in [1.807, 2.05) is 16.7 Å². The van der Waals surface area contributed by atoms with Gasteiger partial charge in [0.2, 0.25) is 0 Å². The molecular weight excluding hydrogens is 218 g/mol. The molecule has 1 aromatic heterocycles. The fraction of sp³-hybridized carbons (Fsp3) is 0.417. The van der Waals surface area contributed by atoms with Crippen LogP contribution in [0.3, 0.4) is 0 Å². The van der Waals surface area contributed by atoms with Gasteiger partial charge in [-0.15, -0.1) is 0 Å². The largest absolute Gasteiger partial charge is 0.399 e. The average molecular weight is 233 g/mol. The zero-order chi connectivity index (χ0) is 12.0. The van der Waals surface area contributed by atoms with Gasteiger partial charge in [-0.05, 0) is 31.0 Å². The molecule has 3 rings (SSSR count). The number of nitrogens with zero attached hydrogens (tertiary/aromatic N) is 2. The molecule has 5 nitrogen and oxygen atoms in total. The van der Waals surface area contributed by atoms with Gasteiger partial charge < -0.3 is 20.5 Å². The first-order valence-corrected chi connectivity index (χ1v) is 5.69. The summed E-state index contributed by atoms with van der Waals surface area (Å²) in [5.41, 5.74) is 7.81. The Balaban J connectivity index is 2.27. The van der Waals surface area contributed by atoms with Gasteiger partial charge in [0.15, 0.2) is 0 Å². The Morgan fingerprint density at radius 3 is 2.71 bits per heavy atom. The van der Waals surface area contributed by atoms with Gasteiger partial charge in [-0.2, -0.15) is 0 Å². The zero-order valence-electron chi connectivity index (χ0n) is 9.43. The topological polar surface area (TPSA) is 84.3 Å². The maximum atomic E-state index is 9.51. The number of benzene rings is 1. The molecule has 2 aromatic rings. The molecule has 90 valence electrons. The highest BCUT2D eigenvalue weighted by atomic mass is 16.3. The van der Waals surface area contributed by atoms with Crippen molar-refractivity contribution < 1.29 is 10.2 Å². The van der Waals surface area contributed by atoms with Crippen molar-refractivity contribution in [3.63, 3.8) is 0 Å². The van der Waals surface area contributed by atoms with Crippen LogP contribution in [0, 0.1) is 0 Å². The summed E-state index contributed by atoms with van der Waals surface area (Å²) in [6, 6.07) is 5.50. The monoisotopic (exact) mass is 233 g/mol. The molecule has 1 heterocycles. The van der Waals surface area contributed by atoms with E-state index < -0.39 is 0 Å². The van der Waals surface area contributed by atoms with Crippen molar-refractivity contribution >= 4 is 16.7 Å². The fourth-order valence-corrected chi connectivity index (χ4v) is 2.38. The van der Waals surface area contributed by atoms with E-state index in [9.17, 15) is 10.2 Å². The number of aromatic nitrogens is 2. The fourth-order valence-electron chi connectivity index (χ4n) is 2.38. The van der Waals surface area contributed by atoms with E-state index in [1.165, 1.54) is 0 Å². The predicted molar refractivity (Wildman–Crippen MR) is 64.4 cm³/mol. The highest BCUT2D eigenvalue weighted by Gasteiger charge is 2.46. The highest BCUT2D eigenvalue weighted by molar-refractivity contribution is 5.80. The van der Waals surface area contributed by atoms with Crippen molar-refractivity contribution in [1.29, 1.82) is 0 Å². The van der Waals surface area contributed by atoms with Crippen LogP contribution in [-0.2, 0) is 12.1 Å². The Kier molecular flexibility index (Phi) is 2.14. The molecule has 1 aliphatic carbocycles. The number of rotatable bonds is 3. The molecule has 0 amide bonds. The number of nitrogen functional groups attached to an aromatic ring is 1. The van der Waals surface area contributed by atoms with Gasteiger partial charge >= 0.3 is 0 Å². The van der Waals surface area contributed by atoms with Crippen LogP contribution in [0.25, 0.3) is 11.0 Å². The maximum absolute atomic E-state index is 9.51. The SMILES string of the molecule is Nc1ccc2c(c1)nc(CO)n2C1(CO)CC1. The van der Waals surface area contributed by atoms with Crippen molar-refractivity contribution in [1.82, 2.24) is 9.55 Å². The van der Waals surface area contributed by atoms with Crippen LogP contribution >= 0.6 is 0 Å². The lowest BCUT2D eigenvalue weighted by Gasteiger charge is -2.17. The van der Waals surface area contributed by atoms with Gasteiger partial charge in [0.1, 0.15) is 12.4 Å². The van der Waals surface area contributed by atoms with Gasteiger partial charge in [0.05, 0.1) is 23.2 Å². The first-order chi connectivity index (χ1) is 8.20. The molecule has 1 aromatic carbocycles. The third-order valence-corrected chi connectivity index (χ3v) is 3.49. The van der Waals surface area contributed by atoms with Crippen LogP contribution in [0.5, 0.6) is 0 Å². The van der Waals surface area contributed by atoms with Crippen LogP contribution in [-0.4, -0.2) is 26.4 Å². The lowest BCUT2D eigenvalue weighted by Crippen LogP contribution is -2.23. The Morgan fingerprint density at radius 2 is 2.12 bits per heavy atom. The summed E-state index contributed by atoms with van der Waals surface area (Å²) in [5, 5.41) is 18.9. The van der Waals surface area contributed by atoms with Crippen LogP contribution in [0.1, 0.15) is 18.7 Å². The molecule has 0 bridgehead atoms. The second-order valence-corrected chi connectivity index (χ2v) is 4.65. The first-order valence-electron chi connectivity index (χ1n) is 5.69.